The fraction of sp³-hybridized carbons (Fsp3) is 0.353. The molecule has 1 atom stereocenters. The number of alkyl halides is 3. The van der Waals surface area contributed by atoms with Gasteiger partial charge in [-0.15, -0.1) is 0 Å². The van der Waals surface area contributed by atoms with Crippen LogP contribution in [0.2, 0.25) is 5.02 Å². The summed E-state index contributed by atoms with van der Waals surface area (Å²) in [6.07, 6.45) is -4.56. The molecule has 128 valence electrons. The van der Waals surface area contributed by atoms with Crippen LogP contribution in [0.15, 0.2) is 36.4 Å². The van der Waals surface area contributed by atoms with E-state index in [1.807, 2.05) is 0 Å². The molecule has 0 radical (unpaired) electrons. The minimum Gasteiger partial charge on any atom is -0.287 e. The highest BCUT2D eigenvalue weighted by molar-refractivity contribution is 6.31. The lowest BCUT2D eigenvalue weighted by molar-refractivity contribution is -0.203. The maximum atomic E-state index is 13.9. The van der Waals surface area contributed by atoms with Crippen molar-refractivity contribution in [3.8, 4) is 0 Å². The molecule has 3 rings (SSSR count). The quantitative estimate of drug-likeness (QED) is 0.852. The molecular formula is C17H16ClF3N2O. The molecule has 1 aliphatic heterocycles. The van der Waals surface area contributed by atoms with Crippen LogP contribution in [-0.4, -0.2) is 22.6 Å². The van der Waals surface area contributed by atoms with E-state index in [9.17, 15) is 18.0 Å². The molecule has 1 saturated heterocycles. The molecule has 1 aliphatic rings. The molecular weight excluding hydrogens is 341 g/mol. The van der Waals surface area contributed by atoms with Crippen LogP contribution < -0.4 is 5.43 Å². The van der Waals surface area contributed by atoms with E-state index in [1.165, 1.54) is 12.1 Å². The lowest BCUT2D eigenvalue weighted by Crippen LogP contribution is -2.51. The summed E-state index contributed by atoms with van der Waals surface area (Å²) in [6, 6.07) is 7.62. The van der Waals surface area contributed by atoms with Gasteiger partial charge in [0.1, 0.15) is 0 Å². The van der Waals surface area contributed by atoms with Crippen LogP contribution in [0.3, 0.4) is 0 Å². The predicted molar refractivity (Wildman–Crippen MR) is 86.4 cm³/mol. The lowest BCUT2D eigenvalue weighted by Gasteiger charge is -2.38. The van der Waals surface area contributed by atoms with E-state index in [1.54, 1.807) is 38.1 Å². The number of hydrazine groups is 1. The number of nitrogens with one attached hydrogen (secondary N) is 1. The van der Waals surface area contributed by atoms with Crippen LogP contribution in [0.4, 0.5) is 13.2 Å². The average Bonchev–Trinajstić information content (AvgIpc) is 2.71. The van der Waals surface area contributed by atoms with Crippen molar-refractivity contribution in [1.29, 1.82) is 0 Å². The van der Waals surface area contributed by atoms with Gasteiger partial charge < -0.3 is 0 Å². The van der Waals surface area contributed by atoms with Crippen LogP contribution in [0, 0.1) is 0 Å². The van der Waals surface area contributed by atoms with Gasteiger partial charge in [0.15, 0.2) is 6.04 Å². The van der Waals surface area contributed by atoms with E-state index in [2.05, 4.69) is 5.43 Å². The molecule has 1 heterocycles. The Balaban J connectivity index is 2.22. The number of rotatable bonds is 2. The largest absolute Gasteiger partial charge is 0.409 e. The van der Waals surface area contributed by atoms with Gasteiger partial charge in [0.25, 0.3) is 0 Å². The van der Waals surface area contributed by atoms with Gasteiger partial charge in [0, 0.05) is 17.0 Å². The molecule has 3 nitrogen and oxygen atoms in total. The van der Waals surface area contributed by atoms with Crippen LogP contribution >= 0.6 is 11.6 Å². The fourth-order valence-corrected chi connectivity index (χ4v) is 3.36. The topological polar surface area (TPSA) is 32.3 Å². The van der Waals surface area contributed by atoms with Crippen LogP contribution in [0.1, 0.15) is 31.9 Å². The second kappa shape index (κ2) is 5.63. The summed E-state index contributed by atoms with van der Waals surface area (Å²) in [6.45, 7) is 3.23. The highest BCUT2D eigenvalue weighted by Gasteiger charge is 2.53. The predicted octanol–water partition coefficient (Wildman–Crippen LogP) is 4.61. The van der Waals surface area contributed by atoms with Gasteiger partial charge in [-0.05, 0) is 42.3 Å². The maximum Gasteiger partial charge on any atom is 0.409 e. The molecule has 0 aromatic heterocycles. The number of hydrogen-bond acceptors (Lipinski definition) is 2. The Morgan fingerprint density at radius 1 is 1.25 bits per heavy atom. The second-order valence-corrected chi connectivity index (χ2v) is 6.99. The van der Waals surface area contributed by atoms with Crippen LogP contribution in [0.25, 0.3) is 10.8 Å². The average molecular weight is 357 g/mol. The SMILES string of the molecule is CC1(C)CC(=O)NN1C(c1cccc2ccc(Cl)cc12)C(F)(F)F. The van der Waals surface area contributed by atoms with E-state index in [0.29, 0.717) is 15.8 Å². The number of carbonyl (C=O) groups excluding carboxylic acids is 1. The highest BCUT2D eigenvalue weighted by Crippen LogP contribution is 2.44. The minimum atomic E-state index is -4.56. The molecule has 0 bridgehead atoms. The number of benzene rings is 2. The van der Waals surface area contributed by atoms with Gasteiger partial charge >= 0.3 is 6.18 Å². The summed E-state index contributed by atoms with van der Waals surface area (Å²) in [4.78, 5) is 11.7. The summed E-state index contributed by atoms with van der Waals surface area (Å²) in [7, 11) is 0. The molecule has 0 saturated carbocycles. The van der Waals surface area contributed by atoms with Crippen molar-refractivity contribution >= 4 is 28.3 Å². The Hall–Kier alpha value is -1.79. The Labute approximate surface area is 142 Å². The van der Waals surface area contributed by atoms with Crippen molar-refractivity contribution in [1.82, 2.24) is 10.4 Å². The first-order valence-electron chi connectivity index (χ1n) is 7.43. The summed E-state index contributed by atoms with van der Waals surface area (Å²) in [5.41, 5.74) is 1.48. The Bertz CT molecular complexity index is 804. The highest BCUT2D eigenvalue weighted by atomic mass is 35.5. The molecule has 0 aliphatic carbocycles. The van der Waals surface area contributed by atoms with E-state index in [0.717, 1.165) is 5.01 Å². The first kappa shape index (κ1) is 17.0. The second-order valence-electron chi connectivity index (χ2n) is 6.55. The van der Waals surface area contributed by atoms with E-state index >= 15 is 0 Å². The normalized spacial score (nSPS) is 19.5. The van der Waals surface area contributed by atoms with E-state index in [4.69, 9.17) is 11.6 Å². The molecule has 1 fully saturated rings. The first-order chi connectivity index (χ1) is 11.1. The van der Waals surface area contributed by atoms with Gasteiger partial charge in [-0.3, -0.25) is 10.2 Å². The number of amides is 1. The van der Waals surface area contributed by atoms with E-state index in [-0.39, 0.29) is 12.0 Å². The minimum absolute atomic E-state index is 0.00506. The third kappa shape index (κ3) is 2.96. The van der Waals surface area contributed by atoms with Gasteiger partial charge in [-0.25, -0.2) is 0 Å². The summed E-state index contributed by atoms with van der Waals surface area (Å²) >= 11 is 5.98. The molecule has 1 unspecified atom stereocenters. The van der Waals surface area contributed by atoms with Gasteiger partial charge in [-0.2, -0.15) is 18.2 Å². The molecule has 1 amide bonds. The van der Waals surface area contributed by atoms with Gasteiger partial charge in [-0.1, -0.05) is 35.9 Å². The van der Waals surface area contributed by atoms with Crippen molar-refractivity contribution in [2.75, 3.05) is 0 Å². The molecule has 1 N–H and O–H groups in total. The van der Waals surface area contributed by atoms with Crippen molar-refractivity contribution in [3.05, 3.63) is 47.0 Å². The van der Waals surface area contributed by atoms with Crippen molar-refractivity contribution in [3.63, 3.8) is 0 Å². The van der Waals surface area contributed by atoms with Gasteiger partial charge in [0.05, 0.1) is 0 Å². The molecule has 2 aromatic carbocycles. The van der Waals surface area contributed by atoms with Crippen LogP contribution in [-0.2, 0) is 4.79 Å². The first-order valence-corrected chi connectivity index (χ1v) is 7.81. The summed E-state index contributed by atoms with van der Waals surface area (Å²) < 4.78 is 41.8. The molecule has 7 heteroatoms. The molecule has 2 aromatic rings. The molecule has 0 spiro atoms. The standard InChI is InChI=1S/C17H16ClF3N2O/c1-16(2)9-14(24)22-23(16)15(17(19,20)21)12-5-3-4-10-6-7-11(18)8-13(10)12/h3-8,15H,9H2,1-2H3,(H,22,24). The third-order valence-electron chi connectivity index (χ3n) is 4.23. The van der Waals surface area contributed by atoms with Crippen molar-refractivity contribution in [2.24, 2.45) is 0 Å². The number of nitrogens with zero attached hydrogens (tertiary/aromatic N) is 1. The van der Waals surface area contributed by atoms with Gasteiger partial charge in [0.2, 0.25) is 5.91 Å². The summed E-state index contributed by atoms with van der Waals surface area (Å²) in [5.74, 6) is -0.424. The fourth-order valence-electron chi connectivity index (χ4n) is 3.19. The van der Waals surface area contributed by atoms with Crippen LogP contribution in [0.5, 0.6) is 0 Å². The molecule has 24 heavy (non-hydrogen) atoms. The van der Waals surface area contributed by atoms with Crippen molar-refractivity contribution in [2.45, 2.75) is 38.0 Å². The Morgan fingerprint density at radius 2 is 1.96 bits per heavy atom. The number of hydrogen-bond donors (Lipinski definition) is 1. The maximum absolute atomic E-state index is 13.9. The Kier molecular flexibility index (Phi) is 4.00. The zero-order valence-electron chi connectivity index (χ0n) is 13.1. The number of carbonyl (C=O) groups is 1. The third-order valence-corrected chi connectivity index (χ3v) is 4.47. The lowest BCUT2D eigenvalue weighted by atomic mass is 9.94. The Morgan fingerprint density at radius 3 is 2.54 bits per heavy atom. The van der Waals surface area contributed by atoms with Crippen molar-refractivity contribution < 1.29 is 18.0 Å². The zero-order valence-corrected chi connectivity index (χ0v) is 13.9. The number of fused-ring (bicyclic) bond motifs is 1. The number of halogens is 4. The summed E-state index contributed by atoms with van der Waals surface area (Å²) in [5, 5.41) is 2.45. The van der Waals surface area contributed by atoms with E-state index < -0.39 is 23.7 Å². The monoisotopic (exact) mass is 356 g/mol. The zero-order chi connectivity index (χ0) is 17.7. The smallest absolute Gasteiger partial charge is 0.287 e.